The van der Waals surface area contributed by atoms with Crippen LogP contribution in [0.4, 0.5) is 5.69 Å². The fourth-order valence-electron chi connectivity index (χ4n) is 1.40. The lowest BCUT2D eigenvalue weighted by Gasteiger charge is -2.07. The van der Waals surface area contributed by atoms with Gasteiger partial charge in [0.25, 0.3) is 0 Å². The first-order chi connectivity index (χ1) is 6.61. The molecule has 14 heavy (non-hydrogen) atoms. The number of aryl methyl sites for hydroxylation is 1. The second kappa shape index (κ2) is 3.30. The molecule has 0 aliphatic rings. The highest BCUT2D eigenvalue weighted by Crippen LogP contribution is 2.33. The molecule has 0 aliphatic heterocycles. The summed E-state index contributed by atoms with van der Waals surface area (Å²) in [5, 5.41) is 1.95. The Kier molecular flexibility index (Phi) is 2.25. The Labute approximate surface area is 91.6 Å². The van der Waals surface area contributed by atoms with Crippen LogP contribution in [0.5, 0.6) is 0 Å². The van der Waals surface area contributed by atoms with Crippen molar-refractivity contribution < 1.29 is 0 Å². The molecule has 0 atom stereocenters. The van der Waals surface area contributed by atoms with Crippen molar-refractivity contribution in [2.45, 2.75) is 6.92 Å². The molecule has 72 valence electrons. The molecule has 1 heterocycles. The summed E-state index contributed by atoms with van der Waals surface area (Å²) in [6.07, 6.45) is 1.52. The van der Waals surface area contributed by atoms with E-state index in [0.717, 1.165) is 10.9 Å². The Hall–Kier alpha value is -0.990. The Morgan fingerprint density at radius 1 is 1.29 bits per heavy atom. The lowest BCUT2D eigenvalue weighted by molar-refractivity contribution is 1.39. The molecule has 0 unspecified atom stereocenters. The highest BCUT2D eigenvalue weighted by Gasteiger charge is 2.09. The molecule has 2 aromatic rings. The summed E-state index contributed by atoms with van der Waals surface area (Å²) in [5.74, 6) is 0. The van der Waals surface area contributed by atoms with Gasteiger partial charge in [-0.25, -0.2) is 0 Å². The van der Waals surface area contributed by atoms with E-state index in [1.807, 2.05) is 13.0 Å². The maximum atomic E-state index is 6.08. The zero-order valence-corrected chi connectivity index (χ0v) is 9.02. The maximum absolute atomic E-state index is 6.08. The fourth-order valence-corrected chi connectivity index (χ4v) is 1.90. The van der Waals surface area contributed by atoms with Crippen LogP contribution in [0.25, 0.3) is 10.9 Å². The maximum Gasteiger partial charge on any atom is 0.0907 e. The zero-order chi connectivity index (χ0) is 10.3. The van der Waals surface area contributed by atoms with Gasteiger partial charge in [-0.15, -0.1) is 0 Å². The van der Waals surface area contributed by atoms with Gasteiger partial charge in [0.2, 0.25) is 0 Å². The minimum atomic E-state index is 0.476. The molecule has 0 spiro atoms. The Morgan fingerprint density at radius 2 is 2.00 bits per heavy atom. The number of halogens is 2. The summed E-state index contributed by atoms with van der Waals surface area (Å²) in [6.45, 7) is 1.95. The van der Waals surface area contributed by atoms with Gasteiger partial charge in [0.1, 0.15) is 0 Å². The lowest BCUT2D eigenvalue weighted by Crippen LogP contribution is -1.92. The van der Waals surface area contributed by atoms with E-state index in [-0.39, 0.29) is 0 Å². The molecule has 0 aliphatic carbocycles. The number of aromatic nitrogens is 1. The third kappa shape index (κ3) is 1.31. The van der Waals surface area contributed by atoms with E-state index in [0.29, 0.717) is 21.2 Å². The zero-order valence-electron chi connectivity index (χ0n) is 7.51. The van der Waals surface area contributed by atoms with E-state index in [2.05, 4.69) is 4.98 Å². The van der Waals surface area contributed by atoms with Crippen LogP contribution >= 0.6 is 23.2 Å². The number of nitrogens with two attached hydrogens (primary N) is 1. The number of pyridine rings is 1. The van der Waals surface area contributed by atoms with Crippen molar-refractivity contribution in [1.82, 2.24) is 4.98 Å². The van der Waals surface area contributed by atoms with E-state index in [1.54, 1.807) is 6.07 Å². The molecule has 0 saturated carbocycles. The van der Waals surface area contributed by atoms with Gasteiger partial charge < -0.3 is 5.73 Å². The molecule has 0 saturated heterocycles. The van der Waals surface area contributed by atoms with Crippen LogP contribution in [0.2, 0.25) is 10.0 Å². The summed E-state index contributed by atoms with van der Waals surface area (Å²) < 4.78 is 0. The number of nitrogen functional groups attached to an aromatic ring is 1. The Bertz CT molecular complexity index is 509. The van der Waals surface area contributed by atoms with E-state index >= 15 is 0 Å². The van der Waals surface area contributed by atoms with Crippen LogP contribution in [0, 0.1) is 6.92 Å². The number of fused-ring (bicyclic) bond motifs is 1. The number of hydrogen-bond acceptors (Lipinski definition) is 2. The number of anilines is 1. The summed E-state index contributed by atoms with van der Waals surface area (Å²) in [5.41, 5.74) is 7.87. The molecule has 2 nitrogen and oxygen atoms in total. The highest BCUT2D eigenvalue weighted by atomic mass is 35.5. The van der Waals surface area contributed by atoms with Crippen molar-refractivity contribution in [3.05, 3.63) is 33.9 Å². The van der Waals surface area contributed by atoms with Gasteiger partial charge in [-0.2, -0.15) is 0 Å². The van der Waals surface area contributed by atoms with Crippen LogP contribution in [0.1, 0.15) is 5.56 Å². The van der Waals surface area contributed by atoms with Crippen LogP contribution in [0.3, 0.4) is 0 Å². The van der Waals surface area contributed by atoms with Crippen LogP contribution in [-0.2, 0) is 0 Å². The van der Waals surface area contributed by atoms with Gasteiger partial charge in [0.15, 0.2) is 0 Å². The van der Waals surface area contributed by atoms with Gasteiger partial charge in [0, 0.05) is 5.39 Å². The fraction of sp³-hybridized carbons (Fsp3) is 0.100. The largest absolute Gasteiger partial charge is 0.396 e. The molecule has 0 radical (unpaired) electrons. The third-order valence-corrected chi connectivity index (χ3v) is 2.85. The van der Waals surface area contributed by atoms with Crippen molar-refractivity contribution in [1.29, 1.82) is 0 Å². The van der Waals surface area contributed by atoms with Gasteiger partial charge in [0.05, 0.1) is 27.4 Å². The number of nitrogens with zero attached hydrogens (tertiary/aromatic N) is 1. The molecule has 0 fully saturated rings. The van der Waals surface area contributed by atoms with Gasteiger partial charge in [-0.3, -0.25) is 4.98 Å². The minimum Gasteiger partial charge on any atom is -0.396 e. The lowest BCUT2D eigenvalue weighted by atomic mass is 10.1. The predicted octanol–water partition coefficient (Wildman–Crippen LogP) is 3.43. The van der Waals surface area contributed by atoms with Crippen LogP contribution in [0.15, 0.2) is 18.3 Å². The monoisotopic (exact) mass is 226 g/mol. The standard InChI is InChI=1S/C10H8Cl2N2/c1-5-2-3-6(11)10-8(5)9(12)7(13)4-14-10/h2-4H,13H2,1H3. The van der Waals surface area contributed by atoms with E-state index in [1.165, 1.54) is 6.20 Å². The molecule has 1 aromatic carbocycles. The number of benzene rings is 1. The first-order valence-electron chi connectivity index (χ1n) is 4.10. The van der Waals surface area contributed by atoms with Crippen molar-refractivity contribution in [3.8, 4) is 0 Å². The predicted molar refractivity (Wildman–Crippen MR) is 60.9 cm³/mol. The van der Waals surface area contributed by atoms with Crippen LogP contribution < -0.4 is 5.73 Å². The van der Waals surface area contributed by atoms with E-state index in [4.69, 9.17) is 28.9 Å². The van der Waals surface area contributed by atoms with E-state index < -0.39 is 0 Å². The van der Waals surface area contributed by atoms with Crippen molar-refractivity contribution in [2.24, 2.45) is 0 Å². The summed E-state index contributed by atoms with van der Waals surface area (Å²) in [4.78, 5) is 4.16. The highest BCUT2D eigenvalue weighted by molar-refractivity contribution is 6.41. The topological polar surface area (TPSA) is 38.9 Å². The number of hydrogen-bond donors (Lipinski definition) is 1. The number of rotatable bonds is 0. The second-order valence-corrected chi connectivity index (χ2v) is 3.90. The third-order valence-electron chi connectivity index (χ3n) is 2.14. The minimum absolute atomic E-state index is 0.476. The quantitative estimate of drug-likeness (QED) is 0.748. The Morgan fingerprint density at radius 3 is 2.71 bits per heavy atom. The first-order valence-corrected chi connectivity index (χ1v) is 4.85. The van der Waals surface area contributed by atoms with E-state index in [9.17, 15) is 0 Å². The van der Waals surface area contributed by atoms with Crippen LogP contribution in [-0.4, -0.2) is 4.98 Å². The van der Waals surface area contributed by atoms with Crippen molar-refractivity contribution >= 4 is 39.8 Å². The molecule has 0 amide bonds. The smallest absolute Gasteiger partial charge is 0.0907 e. The molecule has 0 bridgehead atoms. The van der Waals surface area contributed by atoms with Crippen molar-refractivity contribution in [2.75, 3.05) is 5.73 Å². The Balaban J connectivity index is 3.01. The molecule has 2 N–H and O–H groups in total. The molecular weight excluding hydrogens is 219 g/mol. The average Bonchev–Trinajstić information content (AvgIpc) is 2.16. The summed E-state index contributed by atoms with van der Waals surface area (Å²) in [6, 6.07) is 3.70. The molecule has 4 heteroatoms. The molecule has 1 aromatic heterocycles. The molecule has 2 rings (SSSR count). The SMILES string of the molecule is Cc1ccc(Cl)c2ncc(N)c(Cl)c12. The first kappa shape index (κ1) is 9.56. The second-order valence-electron chi connectivity index (χ2n) is 3.12. The molecular formula is C10H8Cl2N2. The van der Waals surface area contributed by atoms with Gasteiger partial charge in [-0.05, 0) is 18.6 Å². The summed E-state index contributed by atoms with van der Waals surface area (Å²) in [7, 11) is 0. The van der Waals surface area contributed by atoms with Gasteiger partial charge in [-0.1, -0.05) is 29.3 Å². The normalized spacial score (nSPS) is 10.8. The van der Waals surface area contributed by atoms with Crippen molar-refractivity contribution in [3.63, 3.8) is 0 Å². The summed E-state index contributed by atoms with van der Waals surface area (Å²) >= 11 is 12.1. The average molecular weight is 227 g/mol. The van der Waals surface area contributed by atoms with Gasteiger partial charge >= 0.3 is 0 Å².